The fourth-order valence-corrected chi connectivity index (χ4v) is 5.09. The minimum absolute atomic E-state index is 0. The van der Waals surface area contributed by atoms with E-state index in [2.05, 4.69) is 30.7 Å². The van der Waals surface area contributed by atoms with Gasteiger partial charge in [-0.3, -0.25) is 20.2 Å². The molecule has 0 bridgehead atoms. The van der Waals surface area contributed by atoms with Crippen LogP contribution in [0.25, 0.3) is 11.4 Å². The molecule has 55 heavy (non-hydrogen) atoms. The van der Waals surface area contributed by atoms with Crippen LogP contribution < -0.4 is 25.6 Å². The smallest absolute Gasteiger partial charge is 0.871 e. The van der Waals surface area contributed by atoms with Crippen molar-refractivity contribution in [2.75, 3.05) is 0 Å². The zero-order chi connectivity index (χ0) is 39.3. The number of nitro groups is 2. The number of hydrogen-bond donors (Lipinski definition) is 1. The number of aromatic nitrogens is 4. The van der Waals surface area contributed by atoms with Crippen LogP contribution in [0, 0.1) is 34.1 Å². The average molecular weight is 807 g/mol. The number of non-ortho nitro benzene ring substituents is 2. The van der Waals surface area contributed by atoms with Crippen LogP contribution in [0.2, 0.25) is 0 Å². The van der Waals surface area contributed by atoms with Gasteiger partial charge in [0.25, 0.3) is 11.4 Å². The van der Waals surface area contributed by atoms with Gasteiger partial charge in [0.1, 0.15) is 11.4 Å². The summed E-state index contributed by atoms with van der Waals surface area (Å²) >= 11 is 0. The summed E-state index contributed by atoms with van der Waals surface area (Å²) in [5, 5.41) is 98.2. The van der Waals surface area contributed by atoms with Gasteiger partial charge in [-0.25, -0.2) is 22.9 Å². The molecule has 2 aromatic heterocycles. The summed E-state index contributed by atoms with van der Waals surface area (Å²) in [5.74, 6) is -2.46. The molecular weight excluding hydrogens is 782 g/mol. The number of para-hydroxylation sites is 1. The zero-order valence-electron chi connectivity index (χ0n) is 29.1. The van der Waals surface area contributed by atoms with E-state index in [1.54, 1.807) is 31.2 Å². The van der Waals surface area contributed by atoms with Crippen LogP contribution in [0.3, 0.4) is 0 Å². The first-order valence-corrected chi connectivity index (χ1v) is 16.6. The molecule has 1 radical (unpaired) electrons. The molecule has 0 aliphatic rings. The Labute approximate surface area is 322 Å². The standard InChI is InChI=1S/C16H14N6O6S.C16H13N5O4.Cr/c1-9-15(19-18-13-8-11(22(25)26)5-6-14(13)23)16(24)21(20-9)10-3-2-4-12(7-10)29(17,27)28;1-10-15(16(23)20(19-10)11-5-3-2-4-6-11)18-17-13-8-7-12(21(24)25)9-14(13)22;/h2-8,23-24H,1H3,(H2,17,27,28);2-9,22-23H,1H3;/q;;+3/p-3. The van der Waals surface area contributed by atoms with Gasteiger partial charge in [-0.1, -0.05) is 41.8 Å². The van der Waals surface area contributed by atoms with Gasteiger partial charge in [-0.05, 0) is 50.2 Å². The molecule has 0 unspecified atom stereocenters. The summed E-state index contributed by atoms with van der Waals surface area (Å²) < 4.78 is 25.1. The van der Waals surface area contributed by atoms with Crippen molar-refractivity contribution < 1.29 is 57.5 Å². The average Bonchev–Trinajstić information content (AvgIpc) is 3.59. The molecule has 21 nitrogen and oxygen atoms in total. The maximum Gasteiger partial charge on any atom is 3.00 e. The Hall–Kier alpha value is -7.06. The van der Waals surface area contributed by atoms with E-state index < -0.39 is 43.1 Å². The monoisotopic (exact) mass is 806 g/mol. The van der Waals surface area contributed by atoms with Gasteiger partial charge in [0.05, 0.1) is 48.9 Å². The molecule has 6 rings (SSSR count). The van der Waals surface area contributed by atoms with Gasteiger partial charge >= 0.3 is 18.8 Å². The minimum Gasteiger partial charge on any atom is -0.871 e. The molecule has 2 N–H and O–H groups in total. The van der Waals surface area contributed by atoms with Crippen molar-refractivity contribution in [3.63, 3.8) is 0 Å². The van der Waals surface area contributed by atoms with Crippen molar-refractivity contribution in [1.29, 1.82) is 0 Å². The number of nitrogens with two attached hydrogens (primary N) is 1. The molecular formula is C32H24CrN11O10S. The zero-order valence-corrected chi connectivity index (χ0v) is 30.2. The second-order valence-electron chi connectivity index (χ2n) is 10.9. The molecule has 0 aliphatic carbocycles. The van der Waals surface area contributed by atoms with E-state index in [9.17, 15) is 49.1 Å². The van der Waals surface area contributed by atoms with Crippen molar-refractivity contribution in [3.05, 3.63) is 123 Å². The van der Waals surface area contributed by atoms with Crippen LogP contribution in [0.1, 0.15) is 12.8 Å². The molecule has 0 spiro atoms. The number of rotatable bonds is 9. The molecule has 0 saturated heterocycles. The predicted molar refractivity (Wildman–Crippen MR) is 181 cm³/mol. The van der Waals surface area contributed by atoms with Crippen LogP contribution in [0.5, 0.6) is 23.3 Å². The molecule has 23 heteroatoms. The van der Waals surface area contributed by atoms with E-state index in [1.807, 2.05) is 6.07 Å². The van der Waals surface area contributed by atoms with Gasteiger partial charge < -0.3 is 20.4 Å². The Morgan fingerprint density at radius 1 is 0.636 bits per heavy atom. The molecule has 2 heterocycles. The van der Waals surface area contributed by atoms with Crippen LogP contribution >= 0.6 is 0 Å². The molecule has 6 aromatic rings. The summed E-state index contributed by atoms with van der Waals surface area (Å²) in [7, 11) is -3.99. The number of benzene rings is 4. The van der Waals surface area contributed by atoms with E-state index in [0.29, 0.717) is 11.4 Å². The van der Waals surface area contributed by atoms with Gasteiger partial charge in [0.2, 0.25) is 10.0 Å². The first kappa shape index (κ1) is 40.7. The normalized spacial score (nSPS) is 11.3. The number of nitro benzene ring substituents is 2. The van der Waals surface area contributed by atoms with Crippen LogP contribution in [0.15, 0.2) is 116 Å². The van der Waals surface area contributed by atoms with E-state index >= 15 is 0 Å². The largest absolute Gasteiger partial charge is 3.00 e. The molecule has 0 fully saturated rings. The maximum absolute atomic E-state index is 12.6. The van der Waals surface area contributed by atoms with E-state index in [-0.39, 0.29) is 69.2 Å². The third kappa shape index (κ3) is 9.31. The quantitative estimate of drug-likeness (QED) is 0.123. The summed E-state index contributed by atoms with van der Waals surface area (Å²) in [5.41, 5.74) is -0.0977. The SMILES string of the molecule is Cc1nn(-c2cccc(S(N)(=O)=O)c2)c([O-])c1N=Nc1cc([N+](=O)[O-])ccc1[O-].Cc1nn(-c2ccccc2)c([O-])c1N=Nc1ccc([N+](=O)[O-])cc1[O-].[Cr+3].[H+]. The van der Waals surface area contributed by atoms with Crippen molar-refractivity contribution in [3.8, 4) is 34.6 Å². The number of hydrogen-bond acceptors (Lipinski definition) is 16. The second kappa shape index (κ2) is 16.7. The van der Waals surface area contributed by atoms with Gasteiger partial charge in [0.15, 0.2) is 0 Å². The van der Waals surface area contributed by atoms with Crippen molar-refractivity contribution >= 4 is 44.1 Å². The Bertz CT molecular complexity index is 2580. The number of primary sulfonamides is 1. The summed E-state index contributed by atoms with van der Waals surface area (Å²) in [6.07, 6.45) is 0. The Kier molecular flexibility index (Phi) is 12.4. The Morgan fingerprint density at radius 2 is 1.15 bits per heavy atom. The van der Waals surface area contributed by atoms with E-state index in [0.717, 1.165) is 35.0 Å². The molecule has 0 saturated carbocycles. The summed E-state index contributed by atoms with van der Waals surface area (Å²) in [4.78, 5) is 19.9. The molecule has 4 aromatic carbocycles. The molecule has 0 amide bonds. The van der Waals surface area contributed by atoms with Crippen molar-refractivity contribution in [2.24, 2.45) is 25.6 Å². The van der Waals surface area contributed by atoms with E-state index in [4.69, 9.17) is 5.14 Å². The predicted octanol–water partition coefficient (Wildman–Crippen LogP) is 4.06. The third-order valence-corrected chi connectivity index (χ3v) is 8.10. The first-order chi connectivity index (χ1) is 25.5. The molecule has 279 valence electrons. The maximum atomic E-state index is 12.6. The summed E-state index contributed by atoms with van der Waals surface area (Å²) in [6.45, 7) is 3.06. The Morgan fingerprint density at radius 3 is 1.69 bits per heavy atom. The topological polar surface area (TPSA) is 324 Å². The van der Waals surface area contributed by atoms with Crippen LogP contribution in [-0.2, 0) is 27.4 Å². The Balaban J connectivity index is 0.000000293. The molecule has 0 aliphatic heterocycles. The molecule has 0 atom stereocenters. The second-order valence-corrected chi connectivity index (χ2v) is 12.5. The van der Waals surface area contributed by atoms with Crippen LogP contribution in [-0.4, -0.2) is 37.8 Å². The van der Waals surface area contributed by atoms with Crippen molar-refractivity contribution in [1.82, 2.24) is 19.6 Å². The summed E-state index contributed by atoms with van der Waals surface area (Å²) in [6, 6.07) is 20.2. The van der Waals surface area contributed by atoms with E-state index in [1.165, 1.54) is 41.9 Å². The van der Waals surface area contributed by atoms with Gasteiger partial charge in [-0.2, -0.15) is 20.4 Å². The minimum atomic E-state index is -3.99. The fourth-order valence-electron chi connectivity index (χ4n) is 4.54. The van der Waals surface area contributed by atoms with Crippen molar-refractivity contribution in [2.45, 2.75) is 18.7 Å². The van der Waals surface area contributed by atoms with Crippen LogP contribution in [0.4, 0.5) is 34.1 Å². The number of sulfonamides is 1. The number of aryl methyl sites for hydroxylation is 2. The third-order valence-electron chi connectivity index (χ3n) is 7.19. The first-order valence-electron chi connectivity index (χ1n) is 15.0. The fraction of sp³-hybridized carbons (Fsp3) is 0.0625. The van der Waals surface area contributed by atoms with Gasteiger partial charge in [-0.15, -0.1) is 10.2 Å². The van der Waals surface area contributed by atoms with Gasteiger partial charge in [0, 0.05) is 36.0 Å². The number of azo groups is 2. The number of nitrogens with zero attached hydrogens (tertiary/aromatic N) is 10.